The van der Waals surface area contributed by atoms with Gasteiger partial charge in [0.15, 0.2) is 0 Å². The van der Waals surface area contributed by atoms with Gasteiger partial charge in [0.25, 0.3) is 0 Å². The van der Waals surface area contributed by atoms with Crippen LogP contribution in [-0.2, 0) is 15.5 Å². The van der Waals surface area contributed by atoms with Crippen molar-refractivity contribution in [2.24, 2.45) is 0 Å². The van der Waals surface area contributed by atoms with E-state index in [2.05, 4.69) is 0 Å². The molecule has 0 aromatic heterocycles. The molecule has 2 aromatic rings. The Morgan fingerprint density at radius 1 is 1.24 bits per heavy atom. The van der Waals surface area contributed by atoms with Crippen LogP contribution in [0.3, 0.4) is 0 Å². The highest BCUT2D eigenvalue weighted by Gasteiger charge is 2.15. The molecule has 2 unspecified atom stereocenters. The van der Waals surface area contributed by atoms with Gasteiger partial charge >= 0.3 is 11.4 Å². The summed E-state index contributed by atoms with van der Waals surface area (Å²) < 4.78 is 30.0. The molecule has 2 aromatic carbocycles. The highest BCUT2D eigenvalue weighted by molar-refractivity contribution is 7.74. The van der Waals surface area contributed by atoms with Crippen molar-refractivity contribution in [2.45, 2.75) is 19.6 Å². The lowest BCUT2D eigenvalue weighted by Gasteiger charge is -2.18. The van der Waals surface area contributed by atoms with Gasteiger partial charge in [0.05, 0.1) is 0 Å². The highest BCUT2D eigenvalue weighted by Crippen LogP contribution is 2.33. The quantitative estimate of drug-likeness (QED) is 0.636. The fourth-order valence-corrected chi connectivity index (χ4v) is 2.38. The number of ether oxygens (including phenoxy) is 1. The van der Waals surface area contributed by atoms with Gasteiger partial charge in [0.1, 0.15) is 5.75 Å². The molecule has 0 spiro atoms. The van der Waals surface area contributed by atoms with Crippen LogP contribution in [-0.4, -0.2) is 15.1 Å². The van der Waals surface area contributed by atoms with E-state index in [1.165, 1.54) is 0 Å². The van der Waals surface area contributed by atoms with Gasteiger partial charge in [-0.2, -0.15) is 4.21 Å². The van der Waals surface area contributed by atoms with Crippen molar-refractivity contribution in [3.8, 4) is 16.9 Å². The fourth-order valence-electron chi connectivity index (χ4n) is 1.85. The molecule has 112 valence electrons. The summed E-state index contributed by atoms with van der Waals surface area (Å²) in [6.07, 6.45) is -0.372. The van der Waals surface area contributed by atoms with Crippen LogP contribution >= 0.6 is 11.6 Å². The maximum atomic E-state index is 10.8. The SMILES string of the molecule is CCC(Oc1ccc(Cl)cc1-c1ccccc1)OS(=O)O. The molecule has 0 fully saturated rings. The van der Waals surface area contributed by atoms with E-state index in [-0.39, 0.29) is 0 Å². The van der Waals surface area contributed by atoms with Crippen molar-refractivity contribution >= 4 is 23.0 Å². The van der Waals surface area contributed by atoms with Gasteiger partial charge in [-0.05, 0) is 23.8 Å². The van der Waals surface area contributed by atoms with Gasteiger partial charge in [-0.3, -0.25) is 4.55 Å². The van der Waals surface area contributed by atoms with Crippen LogP contribution in [0.25, 0.3) is 11.1 Å². The van der Waals surface area contributed by atoms with E-state index in [4.69, 9.17) is 25.1 Å². The van der Waals surface area contributed by atoms with Crippen LogP contribution in [0.5, 0.6) is 5.75 Å². The van der Waals surface area contributed by atoms with Gasteiger partial charge in [0, 0.05) is 17.0 Å². The molecule has 0 aliphatic rings. The maximum absolute atomic E-state index is 10.8. The van der Waals surface area contributed by atoms with Crippen molar-refractivity contribution in [1.82, 2.24) is 0 Å². The average Bonchev–Trinajstić information content (AvgIpc) is 2.48. The number of halogens is 1. The molecule has 1 N–H and O–H groups in total. The third-order valence-corrected chi connectivity index (χ3v) is 3.42. The van der Waals surface area contributed by atoms with Crippen LogP contribution in [0, 0.1) is 0 Å². The molecule has 0 aliphatic carbocycles. The first kappa shape index (κ1) is 16.0. The van der Waals surface area contributed by atoms with Crippen LogP contribution in [0.2, 0.25) is 5.02 Å². The Labute approximate surface area is 131 Å². The van der Waals surface area contributed by atoms with E-state index in [0.29, 0.717) is 17.2 Å². The van der Waals surface area contributed by atoms with Crippen molar-refractivity contribution in [2.75, 3.05) is 0 Å². The third-order valence-electron chi connectivity index (χ3n) is 2.81. The van der Waals surface area contributed by atoms with Crippen LogP contribution < -0.4 is 4.74 Å². The lowest BCUT2D eigenvalue weighted by Crippen LogP contribution is -2.20. The normalized spacial score (nSPS) is 13.7. The predicted molar refractivity (Wildman–Crippen MR) is 83.5 cm³/mol. The van der Waals surface area contributed by atoms with E-state index >= 15 is 0 Å². The zero-order chi connectivity index (χ0) is 15.2. The summed E-state index contributed by atoms with van der Waals surface area (Å²) in [5.74, 6) is 0.544. The highest BCUT2D eigenvalue weighted by atomic mass is 35.5. The predicted octanol–water partition coefficient (Wildman–Crippen LogP) is 4.28. The molecule has 21 heavy (non-hydrogen) atoms. The van der Waals surface area contributed by atoms with E-state index in [0.717, 1.165) is 11.1 Å². The summed E-state index contributed by atoms with van der Waals surface area (Å²) in [4.78, 5) is 0. The average molecular weight is 327 g/mol. The van der Waals surface area contributed by atoms with Crippen molar-refractivity contribution in [1.29, 1.82) is 0 Å². The molecule has 4 nitrogen and oxygen atoms in total. The van der Waals surface area contributed by atoms with Gasteiger partial charge in [0.2, 0.25) is 6.29 Å². The smallest absolute Gasteiger partial charge is 0.305 e. The van der Waals surface area contributed by atoms with Crippen LogP contribution in [0.4, 0.5) is 0 Å². The van der Waals surface area contributed by atoms with Gasteiger partial charge in [-0.15, -0.1) is 0 Å². The first-order valence-corrected chi connectivity index (χ1v) is 7.80. The zero-order valence-electron chi connectivity index (χ0n) is 11.4. The lowest BCUT2D eigenvalue weighted by atomic mass is 10.0. The Bertz CT molecular complexity index is 618. The van der Waals surface area contributed by atoms with Crippen molar-refractivity contribution in [3.05, 3.63) is 53.6 Å². The van der Waals surface area contributed by atoms with E-state index < -0.39 is 17.7 Å². The molecular formula is C15H15ClO4S. The molecule has 0 amide bonds. The summed E-state index contributed by atoms with van der Waals surface area (Å²) in [6.45, 7) is 1.80. The minimum atomic E-state index is -2.38. The first-order chi connectivity index (χ1) is 10.1. The standard InChI is InChI=1S/C15H15ClO4S/c1-2-15(20-21(17)18)19-14-9-8-12(16)10-13(14)11-6-4-3-5-7-11/h3-10,15H,2H2,1H3,(H,17,18). The number of hydrogen-bond donors (Lipinski definition) is 1. The Balaban J connectivity index is 2.33. The minimum absolute atomic E-state index is 0.434. The van der Waals surface area contributed by atoms with E-state index in [1.807, 2.05) is 30.3 Å². The second kappa shape index (κ2) is 7.56. The molecule has 0 aliphatic heterocycles. The summed E-state index contributed by atoms with van der Waals surface area (Å²) in [7, 11) is 0. The molecule has 6 heteroatoms. The van der Waals surface area contributed by atoms with E-state index in [1.54, 1.807) is 25.1 Å². The largest absolute Gasteiger partial charge is 0.463 e. The zero-order valence-corrected chi connectivity index (χ0v) is 12.9. The Hall–Kier alpha value is -1.40. The summed E-state index contributed by atoms with van der Waals surface area (Å²) in [6, 6.07) is 14.8. The van der Waals surface area contributed by atoms with Gasteiger partial charge in [-0.1, -0.05) is 48.9 Å². The number of hydrogen-bond acceptors (Lipinski definition) is 3. The molecule has 0 saturated carbocycles. The Morgan fingerprint density at radius 3 is 2.57 bits per heavy atom. The topological polar surface area (TPSA) is 55.8 Å². The summed E-state index contributed by atoms with van der Waals surface area (Å²) in [5, 5.41) is 0.584. The van der Waals surface area contributed by atoms with Gasteiger partial charge in [-0.25, -0.2) is 4.18 Å². The second-order valence-corrected chi connectivity index (χ2v) is 5.34. The first-order valence-electron chi connectivity index (χ1n) is 6.39. The number of benzene rings is 2. The number of rotatable bonds is 6. The summed E-state index contributed by atoms with van der Waals surface area (Å²) >= 11 is 3.67. The monoisotopic (exact) mass is 326 g/mol. The fraction of sp³-hybridized carbons (Fsp3) is 0.200. The van der Waals surface area contributed by atoms with E-state index in [9.17, 15) is 4.21 Å². The molecular weight excluding hydrogens is 312 g/mol. The lowest BCUT2D eigenvalue weighted by molar-refractivity contribution is 0.00808. The van der Waals surface area contributed by atoms with Gasteiger partial charge < -0.3 is 4.74 Å². The summed E-state index contributed by atoms with van der Waals surface area (Å²) in [5.41, 5.74) is 1.74. The molecule has 0 heterocycles. The molecule has 0 saturated heterocycles. The molecule has 0 radical (unpaired) electrons. The minimum Gasteiger partial charge on any atom is -0.463 e. The Morgan fingerprint density at radius 2 is 1.95 bits per heavy atom. The maximum Gasteiger partial charge on any atom is 0.305 e. The molecule has 2 atom stereocenters. The van der Waals surface area contributed by atoms with Crippen LogP contribution in [0.1, 0.15) is 13.3 Å². The second-order valence-electron chi connectivity index (χ2n) is 4.28. The molecule has 0 bridgehead atoms. The molecule has 2 rings (SSSR count). The Kier molecular flexibility index (Phi) is 5.76. The van der Waals surface area contributed by atoms with Crippen molar-refractivity contribution in [3.63, 3.8) is 0 Å². The van der Waals surface area contributed by atoms with Crippen molar-refractivity contribution < 1.29 is 17.7 Å². The van der Waals surface area contributed by atoms with Crippen LogP contribution in [0.15, 0.2) is 48.5 Å². The third kappa shape index (κ3) is 4.54.